The number of ether oxygens (including phenoxy) is 1. The molecule has 1 N–H and O–H groups in total. The Morgan fingerprint density at radius 1 is 1.36 bits per heavy atom. The molecule has 8 heteroatoms. The lowest BCUT2D eigenvalue weighted by Gasteiger charge is -2.05. The molecule has 0 amide bonds. The first-order chi connectivity index (χ1) is 12.2. The number of hydrogen-bond donors (Lipinski definition) is 1. The minimum atomic E-state index is -0.356. The Morgan fingerprint density at radius 3 is 2.76 bits per heavy atom. The normalized spacial score (nSPS) is 10.8. The van der Waals surface area contributed by atoms with E-state index in [1.807, 2.05) is 36.7 Å². The summed E-state index contributed by atoms with van der Waals surface area (Å²) in [6.07, 6.45) is 5.29. The Labute approximate surface area is 154 Å². The molecule has 128 valence electrons. The van der Waals surface area contributed by atoms with Crippen molar-refractivity contribution in [1.82, 2.24) is 10.3 Å². The first kappa shape index (κ1) is 18.8. The van der Waals surface area contributed by atoms with E-state index in [4.69, 9.17) is 10.00 Å². The van der Waals surface area contributed by atoms with Gasteiger partial charge in [-0.15, -0.1) is 0 Å². The van der Waals surface area contributed by atoms with Crippen LogP contribution < -0.4 is 5.32 Å². The molecule has 0 unspecified atom stereocenters. The summed E-state index contributed by atoms with van der Waals surface area (Å²) in [7, 11) is 0. The fourth-order valence-electron chi connectivity index (χ4n) is 1.81. The second kappa shape index (κ2) is 9.71. The Hall–Kier alpha value is -2.50. The standard InChI is InChI=1S/C17H16N4O2S2/c1-3-23-16(22)12-8-9-19-15(10-12)25-14-6-4-13(5-7-14)21-17(24-2)20-11-18/h4-10H,3H2,1-2H3,(H,20,21). The molecular weight excluding hydrogens is 356 g/mol. The molecule has 0 spiro atoms. The Bertz CT molecular complexity index is 801. The zero-order valence-electron chi connectivity index (χ0n) is 13.7. The largest absolute Gasteiger partial charge is 0.462 e. The van der Waals surface area contributed by atoms with Crippen LogP contribution in [0.5, 0.6) is 0 Å². The third-order valence-electron chi connectivity index (χ3n) is 2.89. The fourth-order valence-corrected chi connectivity index (χ4v) is 2.96. The summed E-state index contributed by atoms with van der Waals surface area (Å²) in [6.45, 7) is 2.11. The van der Waals surface area contributed by atoms with Crippen molar-refractivity contribution in [3.8, 4) is 6.19 Å². The number of benzene rings is 1. The van der Waals surface area contributed by atoms with Gasteiger partial charge in [0, 0.05) is 11.1 Å². The number of thioether (sulfide) groups is 1. The number of aromatic nitrogens is 1. The predicted octanol–water partition coefficient (Wildman–Crippen LogP) is 3.83. The van der Waals surface area contributed by atoms with Crippen LogP contribution in [0.25, 0.3) is 0 Å². The first-order valence-corrected chi connectivity index (χ1v) is 9.39. The van der Waals surface area contributed by atoms with Gasteiger partial charge in [-0.05, 0) is 49.6 Å². The summed E-state index contributed by atoms with van der Waals surface area (Å²) < 4.78 is 4.99. The third kappa shape index (κ3) is 5.81. The highest BCUT2D eigenvalue weighted by Gasteiger charge is 2.08. The van der Waals surface area contributed by atoms with E-state index in [0.717, 1.165) is 10.6 Å². The van der Waals surface area contributed by atoms with Crippen molar-refractivity contribution in [2.24, 2.45) is 4.99 Å². The lowest BCUT2D eigenvalue weighted by atomic mass is 10.3. The van der Waals surface area contributed by atoms with E-state index >= 15 is 0 Å². The molecule has 1 aromatic heterocycles. The van der Waals surface area contributed by atoms with Crippen LogP contribution >= 0.6 is 23.5 Å². The minimum Gasteiger partial charge on any atom is -0.462 e. The highest BCUT2D eigenvalue weighted by atomic mass is 32.2. The molecule has 0 radical (unpaired) electrons. The van der Waals surface area contributed by atoms with Gasteiger partial charge < -0.3 is 4.74 Å². The second-order valence-electron chi connectivity index (χ2n) is 4.56. The number of esters is 1. The number of aliphatic imine (C=N–C) groups is 1. The highest BCUT2D eigenvalue weighted by Crippen LogP contribution is 2.28. The van der Waals surface area contributed by atoms with Crippen molar-refractivity contribution < 1.29 is 9.53 Å². The first-order valence-electron chi connectivity index (χ1n) is 7.35. The van der Waals surface area contributed by atoms with Crippen LogP contribution in [0.2, 0.25) is 0 Å². The Morgan fingerprint density at radius 2 is 2.12 bits per heavy atom. The molecule has 2 aromatic rings. The molecule has 1 aromatic carbocycles. The fraction of sp³-hybridized carbons (Fsp3) is 0.176. The molecular formula is C17H16N4O2S2. The van der Waals surface area contributed by atoms with E-state index in [9.17, 15) is 4.79 Å². The second-order valence-corrected chi connectivity index (χ2v) is 6.45. The number of amidine groups is 1. The molecule has 25 heavy (non-hydrogen) atoms. The monoisotopic (exact) mass is 372 g/mol. The van der Waals surface area contributed by atoms with Crippen molar-refractivity contribution in [3.63, 3.8) is 0 Å². The number of nitrogens with zero attached hydrogens (tertiary/aromatic N) is 3. The molecule has 0 aliphatic heterocycles. The van der Waals surface area contributed by atoms with Crippen LogP contribution in [0.15, 0.2) is 57.5 Å². The van der Waals surface area contributed by atoms with Gasteiger partial charge in [-0.2, -0.15) is 5.26 Å². The summed E-state index contributed by atoms with van der Waals surface area (Å²) in [5, 5.41) is 12.4. The molecule has 0 aliphatic rings. The van der Waals surface area contributed by atoms with E-state index in [1.54, 1.807) is 25.3 Å². The maximum absolute atomic E-state index is 11.8. The van der Waals surface area contributed by atoms with E-state index in [-0.39, 0.29) is 5.97 Å². The maximum atomic E-state index is 11.8. The van der Waals surface area contributed by atoms with Crippen LogP contribution in [0, 0.1) is 11.5 Å². The summed E-state index contributed by atoms with van der Waals surface area (Å²) in [6, 6.07) is 10.9. The number of nitrogens with one attached hydrogen (secondary N) is 1. The van der Waals surface area contributed by atoms with Crippen LogP contribution in [0.1, 0.15) is 17.3 Å². The van der Waals surface area contributed by atoms with Crippen LogP contribution in [-0.4, -0.2) is 29.0 Å². The van der Waals surface area contributed by atoms with Crippen molar-refractivity contribution in [3.05, 3.63) is 48.2 Å². The minimum absolute atomic E-state index is 0.338. The number of carbonyl (C=O) groups excluding carboxylic acids is 1. The SMILES string of the molecule is CCOC(=O)c1ccnc(Sc2ccc(N=C(NC#N)SC)cc2)c1. The number of nitriles is 1. The van der Waals surface area contributed by atoms with Gasteiger partial charge in [-0.1, -0.05) is 23.5 Å². The van der Waals surface area contributed by atoms with Gasteiger partial charge in [0.05, 0.1) is 17.9 Å². The highest BCUT2D eigenvalue weighted by molar-refractivity contribution is 8.13. The van der Waals surface area contributed by atoms with Gasteiger partial charge in [-0.3, -0.25) is 5.32 Å². The molecule has 2 rings (SSSR count). The van der Waals surface area contributed by atoms with E-state index in [1.165, 1.54) is 23.5 Å². The molecule has 1 heterocycles. The van der Waals surface area contributed by atoms with Gasteiger partial charge in [-0.25, -0.2) is 14.8 Å². The number of pyridine rings is 1. The maximum Gasteiger partial charge on any atom is 0.338 e. The van der Waals surface area contributed by atoms with Gasteiger partial charge in [0.2, 0.25) is 0 Å². The molecule has 0 atom stereocenters. The molecule has 0 bridgehead atoms. The average Bonchev–Trinajstić information content (AvgIpc) is 2.63. The molecule has 0 saturated heterocycles. The lowest BCUT2D eigenvalue weighted by Crippen LogP contribution is -2.12. The van der Waals surface area contributed by atoms with E-state index < -0.39 is 0 Å². The van der Waals surface area contributed by atoms with Crippen LogP contribution in [0.4, 0.5) is 5.69 Å². The van der Waals surface area contributed by atoms with E-state index in [2.05, 4.69) is 15.3 Å². The average molecular weight is 372 g/mol. The van der Waals surface area contributed by atoms with Gasteiger partial charge in [0.15, 0.2) is 11.4 Å². The van der Waals surface area contributed by atoms with Crippen molar-refractivity contribution in [2.45, 2.75) is 16.8 Å². The number of rotatable bonds is 5. The Kier molecular flexibility index (Phi) is 7.32. The summed E-state index contributed by atoms with van der Waals surface area (Å²) in [5.74, 6) is -0.356. The van der Waals surface area contributed by atoms with Crippen molar-refractivity contribution >= 4 is 40.3 Å². The van der Waals surface area contributed by atoms with Gasteiger partial charge in [0.1, 0.15) is 5.03 Å². The molecule has 0 fully saturated rings. The summed E-state index contributed by atoms with van der Waals surface area (Å²) >= 11 is 2.80. The third-order valence-corrected chi connectivity index (χ3v) is 4.41. The predicted molar refractivity (Wildman–Crippen MR) is 100 cm³/mol. The lowest BCUT2D eigenvalue weighted by molar-refractivity contribution is 0.0526. The van der Waals surface area contributed by atoms with Crippen molar-refractivity contribution in [2.75, 3.05) is 12.9 Å². The number of hydrogen-bond acceptors (Lipinski definition) is 7. The summed E-state index contributed by atoms with van der Waals surface area (Å²) in [4.78, 5) is 21.3. The quantitative estimate of drug-likeness (QED) is 0.280. The summed E-state index contributed by atoms with van der Waals surface area (Å²) in [5.41, 5.74) is 1.22. The van der Waals surface area contributed by atoms with Crippen LogP contribution in [0.3, 0.4) is 0 Å². The van der Waals surface area contributed by atoms with Gasteiger partial charge in [0.25, 0.3) is 0 Å². The zero-order chi connectivity index (χ0) is 18.1. The van der Waals surface area contributed by atoms with Crippen molar-refractivity contribution in [1.29, 1.82) is 5.26 Å². The molecule has 0 saturated carbocycles. The smallest absolute Gasteiger partial charge is 0.338 e. The zero-order valence-corrected chi connectivity index (χ0v) is 15.4. The Balaban J connectivity index is 2.10. The van der Waals surface area contributed by atoms with E-state index in [0.29, 0.717) is 22.4 Å². The van der Waals surface area contributed by atoms with Crippen LogP contribution in [-0.2, 0) is 4.74 Å². The topological polar surface area (TPSA) is 87.4 Å². The molecule has 6 nitrogen and oxygen atoms in total. The number of carbonyl (C=O) groups is 1. The van der Waals surface area contributed by atoms with Gasteiger partial charge >= 0.3 is 5.97 Å². The molecule has 0 aliphatic carbocycles.